The predicted octanol–water partition coefficient (Wildman–Crippen LogP) is 3.64. The molecule has 0 bridgehead atoms. The fourth-order valence-corrected chi connectivity index (χ4v) is 4.41. The molecule has 0 saturated carbocycles. The Bertz CT molecular complexity index is 790. The first-order chi connectivity index (χ1) is 14.0. The first-order valence-electron chi connectivity index (χ1n) is 9.53. The van der Waals surface area contributed by atoms with E-state index in [4.69, 9.17) is 4.74 Å². The van der Waals surface area contributed by atoms with Crippen LogP contribution in [0.2, 0.25) is 0 Å². The monoisotopic (exact) mass is 437 g/mol. The molecule has 0 radical (unpaired) electrons. The lowest BCUT2D eigenvalue weighted by Crippen LogP contribution is -2.69. The number of likely N-dealkylation sites (tertiary alicyclic amines) is 1. The number of likely N-dealkylation sites (N-methyl/N-ethyl adjacent to an activating group) is 1. The molecule has 0 N–H and O–H groups in total. The standard InChI is InChI=1S/C18H21F6N5O/c1-27-3-2-16(28-4-6-30-7-5-28)15(11-27)25-26-29(16)14-9-12(17(19,20)21)8-13(10-14)18(22,23)24/h8-10,15H,2-7,11H2,1H3/t15-,16-/m1/s1. The van der Waals surface area contributed by atoms with Gasteiger partial charge >= 0.3 is 12.4 Å². The number of anilines is 1. The van der Waals surface area contributed by atoms with E-state index < -0.39 is 35.2 Å². The molecule has 3 aliphatic heterocycles. The van der Waals surface area contributed by atoms with E-state index in [1.54, 1.807) is 0 Å². The molecule has 2 saturated heterocycles. The number of benzene rings is 1. The summed E-state index contributed by atoms with van der Waals surface area (Å²) in [4.78, 5) is 4.06. The first kappa shape index (κ1) is 21.3. The van der Waals surface area contributed by atoms with Crippen LogP contribution in [0.15, 0.2) is 28.5 Å². The van der Waals surface area contributed by atoms with Crippen LogP contribution in [0, 0.1) is 0 Å². The van der Waals surface area contributed by atoms with Gasteiger partial charge in [-0.1, -0.05) is 5.22 Å². The van der Waals surface area contributed by atoms with Crippen molar-refractivity contribution in [3.05, 3.63) is 29.3 Å². The quantitative estimate of drug-likeness (QED) is 0.663. The van der Waals surface area contributed by atoms with E-state index in [1.165, 1.54) is 5.01 Å². The number of hydrogen-bond donors (Lipinski definition) is 0. The molecule has 4 rings (SSSR count). The third-order valence-corrected chi connectivity index (χ3v) is 5.90. The van der Waals surface area contributed by atoms with Gasteiger partial charge in [-0.2, -0.15) is 31.5 Å². The summed E-state index contributed by atoms with van der Waals surface area (Å²) >= 11 is 0. The largest absolute Gasteiger partial charge is 0.416 e. The summed E-state index contributed by atoms with van der Waals surface area (Å²) in [6.07, 6.45) is -9.38. The normalized spacial score (nSPS) is 28.8. The predicted molar refractivity (Wildman–Crippen MR) is 94.8 cm³/mol. The summed E-state index contributed by atoms with van der Waals surface area (Å²) in [6.45, 7) is 2.95. The van der Waals surface area contributed by atoms with Gasteiger partial charge in [0, 0.05) is 32.6 Å². The Morgan fingerprint density at radius 3 is 2.13 bits per heavy atom. The van der Waals surface area contributed by atoms with Crippen LogP contribution in [0.5, 0.6) is 0 Å². The second kappa shape index (κ2) is 7.34. The smallest absolute Gasteiger partial charge is 0.379 e. The molecular formula is C18H21F6N5O. The summed E-state index contributed by atoms with van der Waals surface area (Å²) in [5.74, 6) is 0. The lowest BCUT2D eigenvalue weighted by atomic mass is 9.88. The van der Waals surface area contributed by atoms with E-state index in [2.05, 4.69) is 10.3 Å². The highest BCUT2D eigenvalue weighted by molar-refractivity contribution is 5.55. The van der Waals surface area contributed by atoms with Crippen molar-refractivity contribution in [2.45, 2.75) is 30.5 Å². The van der Waals surface area contributed by atoms with Gasteiger partial charge in [0.05, 0.1) is 30.0 Å². The Morgan fingerprint density at radius 1 is 0.967 bits per heavy atom. The highest BCUT2D eigenvalue weighted by Crippen LogP contribution is 2.45. The Balaban J connectivity index is 1.82. The molecule has 1 aromatic rings. The fraction of sp³-hybridized carbons (Fsp3) is 0.667. The van der Waals surface area contributed by atoms with Gasteiger partial charge in [0.25, 0.3) is 0 Å². The fourth-order valence-electron chi connectivity index (χ4n) is 4.41. The van der Waals surface area contributed by atoms with Crippen molar-refractivity contribution < 1.29 is 31.1 Å². The van der Waals surface area contributed by atoms with Crippen molar-refractivity contribution in [2.24, 2.45) is 10.3 Å². The van der Waals surface area contributed by atoms with E-state index in [-0.39, 0.29) is 11.8 Å². The highest BCUT2D eigenvalue weighted by atomic mass is 19.4. The van der Waals surface area contributed by atoms with Crippen LogP contribution in [0.1, 0.15) is 17.5 Å². The summed E-state index contributed by atoms with van der Waals surface area (Å²) in [7, 11) is 1.90. The Kier molecular flexibility index (Phi) is 5.22. The molecule has 0 spiro atoms. The van der Waals surface area contributed by atoms with Gasteiger partial charge < -0.3 is 9.64 Å². The van der Waals surface area contributed by atoms with Crippen molar-refractivity contribution in [1.29, 1.82) is 0 Å². The molecule has 0 aromatic heterocycles. The number of rotatable bonds is 2. The number of fused-ring (bicyclic) bond motifs is 1. The van der Waals surface area contributed by atoms with E-state index in [0.717, 1.165) is 12.1 Å². The van der Waals surface area contributed by atoms with Crippen molar-refractivity contribution in [3.8, 4) is 0 Å². The third kappa shape index (κ3) is 3.65. The van der Waals surface area contributed by atoms with Crippen molar-refractivity contribution >= 4 is 5.69 Å². The molecule has 3 aliphatic rings. The SMILES string of the molecule is CN1CC[C@]2(N3CCOCC3)[C@@H](C1)N=NN2c1cc(C(F)(F)F)cc(C(F)(F)F)c1. The van der Waals surface area contributed by atoms with Gasteiger partial charge in [-0.05, 0) is 25.2 Å². The number of hydrogen-bond acceptors (Lipinski definition) is 6. The van der Waals surface area contributed by atoms with E-state index >= 15 is 0 Å². The second-order valence-electron chi connectivity index (χ2n) is 7.79. The highest BCUT2D eigenvalue weighted by Gasteiger charge is 2.56. The molecule has 2 atom stereocenters. The van der Waals surface area contributed by atoms with Crippen LogP contribution < -0.4 is 5.01 Å². The van der Waals surface area contributed by atoms with E-state index in [9.17, 15) is 26.3 Å². The molecule has 166 valence electrons. The number of alkyl halides is 6. The maximum absolute atomic E-state index is 13.4. The number of piperidine rings is 1. The van der Waals surface area contributed by atoms with E-state index in [0.29, 0.717) is 45.8 Å². The molecule has 12 heteroatoms. The molecule has 3 heterocycles. The molecule has 30 heavy (non-hydrogen) atoms. The average molecular weight is 437 g/mol. The third-order valence-electron chi connectivity index (χ3n) is 5.90. The van der Waals surface area contributed by atoms with Crippen LogP contribution in [-0.4, -0.2) is 67.9 Å². The molecule has 2 fully saturated rings. The summed E-state index contributed by atoms with van der Waals surface area (Å²) in [5, 5.41) is 9.62. The Hall–Kier alpha value is -1.92. The molecule has 6 nitrogen and oxygen atoms in total. The lowest BCUT2D eigenvalue weighted by Gasteiger charge is -2.52. The van der Waals surface area contributed by atoms with Gasteiger partial charge in [0.2, 0.25) is 0 Å². The zero-order valence-electron chi connectivity index (χ0n) is 16.2. The molecule has 0 unspecified atom stereocenters. The maximum Gasteiger partial charge on any atom is 0.416 e. The molecule has 1 aromatic carbocycles. The van der Waals surface area contributed by atoms with Crippen LogP contribution in [0.4, 0.5) is 32.0 Å². The number of halogens is 6. The second-order valence-corrected chi connectivity index (χ2v) is 7.79. The minimum Gasteiger partial charge on any atom is -0.379 e. The van der Waals surface area contributed by atoms with Crippen LogP contribution in [0.25, 0.3) is 0 Å². The zero-order chi connectivity index (χ0) is 21.7. The van der Waals surface area contributed by atoms with Crippen LogP contribution in [-0.2, 0) is 17.1 Å². The van der Waals surface area contributed by atoms with Gasteiger partial charge in [-0.3, -0.25) is 4.90 Å². The average Bonchev–Trinajstić information content (AvgIpc) is 3.06. The summed E-state index contributed by atoms with van der Waals surface area (Å²) in [5.41, 5.74) is -3.92. The van der Waals surface area contributed by atoms with Gasteiger partial charge in [0.1, 0.15) is 11.7 Å². The zero-order valence-corrected chi connectivity index (χ0v) is 16.2. The number of morpholine rings is 1. The minimum absolute atomic E-state index is 0.129. The van der Waals surface area contributed by atoms with E-state index in [1.807, 2.05) is 16.8 Å². The number of nitrogens with zero attached hydrogens (tertiary/aromatic N) is 5. The van der Waals surface area contributed by atoms with Crippen molar-refractivity contribution in [2.75, 3.05) is 51.4 Å². The lowest BCUT2D eigenvalue weighted by molar-refractivity contribution is -0.143. The van der Waals surface area contributed by atoms with Crippen molar-refractivity contribution in [1.82, 2.24) is 9.80 Å². The summed E-state index contributed by atoms with van der Waals surface area (Å²) < 4.78 is 85.7. The van der Waals surface area contributed by atoms with Gasteiger partial charge in [-0.15, -0.1) is 0 Å². The van der Waals surface area contributed by atoms with Gasteiger partial charge in [-0.25, -0.2) is 5.01 Å². The molecule has 0 amide bonds. The van der Waals surface area contributed by atoms with Gasteiger partial charge in [0.15, 0.2) is 0 Å². The van der Waals surface area contributed by atoms with Crippen molar-refractivity contribution in [3.63, 3.8) is 0 Å². The molecular weight excluding hydrogens is 416 g/mol. The molecule has 0 aliphatic carbocycles. The minimum atomic E-state index is -4.93. The summed E-state index contributed by atoms with van der Waals surface area (Å²) in [6, 6.07) is 1.16. The van der Waals surface area contributed by atoms with Crippen LogP contribution in [0.3, 0.4) is 0 Å². The topological polar surface area (TPSA) is 43.7 Å². The Labute approximate surface area is 169 Å². The Morgan fingerprint density at radius 2 is 1.57 bits per heavy atom. The van der Waals surface area contributed by atoms with Crippen LogP contribution >= 0.6 is 0 Å². The first-order valence-corrected chi connectivity index (χ1v) is 9.53. The number of ether oxygens (including phenoxy) is 1. The maximum atomic E-state index is 13.4.